The lowest BCUT2D eigenvalue weighted by molar-refractivity contribution is 0.574. The first-order valence-electron chi connectivity index (χ1n) is 5.60. The fraction of sp³-hybridized carbons (Fsp3) is 0.636. The van der Waals surface area contributed by atoms with Crippen LogP contribution in [0.1, 0.15) is 26.7 Å². The number of anilines is 1. The number of nitrogens with zero attached hydrogens (tertiary/aromatic N) is 1. The largest absolute Gasteiger partial charge is 0.381 e. The van der Waals surface area contributed by atoms with Crippen LogP contribution >= 0.6 is 27.7 Å². The number of rotatable bonds is 6. The molecular formula is C11H18BrN3OS. The Morgan fingerprint density at radius 1 is 1.53 bits per heavy atom. The molecule has 6 heteroatoms. The van der Waals surface area contributed by atoms with Crippen molar-refractivity contribution in [1.29, 1.82) is 0 Å². The monoisotopic (exact) mass is 319 g/mol. The highest BCUT2D eigenvalue weighted by atomic mass is 79.9. The normalized spacial score (nSPS) is 11.5. The molecule has 0 bridgehead atoms. The van der Waals surface area contributed by atoms with Crippen LogP contribution in [0, 0.1) is 0 Å². The van der Waals surface area contributed by atoms with Gasteiger partial charge in [-0.25, -0.2) is 5.10 Å². The maximum Gasteiger partial charge on any atom is 0.280 e. The zero-order valence-corrected chi connectivity index (χ0v) is 12.7. The van der Waals surface area contributed by atoms with E-state index in [-0.39, 0.29) is 10.3 Å². The molecular weight excluding hydrogens is 302 g/mol. The molecule has 0 unspecified atom stereocenters. The number of thioether (sulfide) groups is 1. The molecule has 1 aromatic rings. The van der Waals surface area contributed by atoms with E-state index in [1.807, 2.05) is 11.8 Å². The summed E-state index contributed by atoms with van der Waals surface area (Å²) in [6.45, 7) is 5.20. The number of aromatic amines is 1. The van der Waals surface area contributed by atoms with Crippen molar-refractivity contribution in [2.24, 2.45) is 0 Å². The molecule has 0 aliphatic carbocycles. The molecule has 1 aromatic heterocycles. The van der Waals surface area contributed by atoms with E-state index in [9.17, 15) is 4.79 Å². The molecule has 0 aliphatic rings. The van der Waals surface area contributed by atoms with E-state index in [4.69, 9.17) is 0 Å². The van der Waals surface area contributed by atoms with Crippen LogP contribution in [0.25, 0.3) is 0 Å². The highest BCUT2D eigenvalue weighted by Gasteiger charge is 2.24. The number of nitrogens with one attached hydrogen (secondary N) is 2. The summed E-state index contributed by atoms with van der Waals surface area (Å²) >= 11 is 5.12. The summed E-state index contributed by atoms with van der Waals surface area (Å²) in [5.74, 6) is 0. The Kier molecular flexibility index (Phi) is 5.52. The van der Waals surface area contributed by atoms with E-state index in [1.165, 1.54) is 0 Å². The molecule has 1 heterocycles. The SMILES string of the molecule is CCC(CC)(CNc1cn[nH]c(=O)c1Br)SC. The second-order valence-corrected chi connectivity index (χ2v) is 5.94. The number of halogens is 1. The van der Waals surface area contributed by atoms with Gasteiger partial charge in [-0.05, 0) is 35.0 Å². The van der Waals surface area contributed by atoms with Crippen molar-refractivity contribution in [3.8, 4) is 0 Å². The molecule has 0 saturated heterocycles. The maximum absolute atomic E-state index is 11.4. The molecule has 0 fully saturated rings. The lowest BCUT2D eigenvalue weighted by Crippen LogP contribution is -2.32. The quantitative estimate of drug-likeness (QED) is 0.846. The molecule has 0 atom stereocenters. The number of hydrogen-bond acceptors (Lipinski definition) is 4. The minimum Gasteiger partial charge on any atom is -0.381 e. The first kappa shape index (κ1) is 14.6. The van der Waals surface area contributed by atoms with E-state index in [1.54, 1.807) is 6.20 Å². The van der Waals surface area contributed by atoms with Gasteiger partial charge >= 0.3 is 0 Å². The minimum atomic E-state index is -0.210. The summed E-state index contributed by atoms with van der Waals surface area (Å²) in [5, 5.41) is 9.47. The number of H-pyrrole nitrogens is 1. The third kappa shape index (κ3) is 3.48. The van der Waals surface area contributed by atoms with E-state index < -0.39 is 0 Å². The fourth-order valence-corrected chi connectivity index (χ4v) is 2.75. The van der Waals surface area contributed by atoms with Gasteiger partial charge in [0, 0.05) is 11.3 Å². The summed E-state index contributed by atoms with van der Waals surface area (Å²) < 4.78 is 0.719. The molecule has 0 spiro atoms. The molecule has 4 nitrogen and oxygen atoms in total. The highest BCUT2D eigenvalue weighted by molar-refractivity contribution is 9.10. The molecule has 0 saturated carbocycles. The molecule has 2 N–H and O–H groups in total. The van der Waals surface area contributed by atoms with Crippen molar-refractivity contribution in [2.45, 2.75) is 31.4 Å². The molecule has 17 heavy (non-hydrogen) atoms. The summed E-state index contributed by atoms with van der Waals surface area (Å²) in [6, 6.07) is 0. The van der Waals surface area contributed by atoms with Crippen molar-refractivity contribution < 1.29 is 0 Å². The summed E-state index contributed by atoms with van der Waals surface area (Å²) in [6.07, 6.45) is 5.93. The maximum atomic E-state index is 11.4. The Morgan fingerprint density at radius 2 is 2.18 bits per heavy atom. The van der Waals surface area contributed by atoms with Gasteiger partial charge < -0.3 is 5.32 Å². The predicted octanol–water partition coefficient (Wildman–Crippen LogP) is 2.87. The smallest absolute Gasteiger partial charge is 0.280 e. The van der Waals surface area contributed by atoms with Gasteiger partial charge in [0.15, 0.2) is 0 Å². The third-order valence-electron chi connectivity index (χ3n) is 3.12. The lowest BCUT2D eigenvalue weighted by atomic mass is 10.0. The van der Waals surface area contributed by atoms with Crippen LogP contribution in [0.4, 0.5) is 5.69 Å². The van der Waals surface area contributed by atoms with Gasteiger partial charge in [-0.3, -0.25) is 4.79 Å². The second-order valence-electron chi connectivity index (χ2n) is 3.87. The van der Waals surface area contributed by atoms with Crippen LogP contribution in [0.2, 0.25) is 0 Å². The summed E-state index contributed by atoms with van der Waals surface area (Å²) in [5.41, 5.74) is 0.534. The zero-order chi connectivity index (χ0) is 12.9. The van der Waals surface area contributed by atoms with Crippen LogP contribution in [-0.4, -0.2) is 27.7 Å². The predicted molar refractivity (Wildman–Crippen MR) is 77.9 cm³/mol. The zero-order valence-electron chi connectivity index (χ0n) is 10.3. The van der Waals surface area contributed by atoms with Gasteiger partial charge in [0.1, 0.15) is 4.47 Å². The molecule has 0 aromatic carbocycles. The van der Waals surface area contributed by atoms with Crippen LogP contribution in [0.5, 0.6) is 0 Å². The first-order valence-corrected chi connectivity index (χ1v) is 7.62. The van der Waals surface area contributed by atoms with E-state index in [2.05, 4.69) is 51.5 Å². The van der Waals surface area contributed by atoms with Crippen molar-refractivity contribution >= 4 is 33.4 Å². The topological polar surface area (TPSA) is 57.8 Å². The Balaban J connectivity index is 2.79. The second kappa shape index (κ2) is 6.44. The molecule has 0 amide bonds. The van der Waals surface area contributed by atoms with Gasteiger partial charge in [-0.1, -0.05) is 13.8 Å². The van der Waals surface area contributed by atoms with Gasteiger partial charge in [-0.15, -0.1) is 0 Å². The van der Waals surface area contributed by atoms with Gasteiger partial charge in [0.2, 0.25) is 0 Å². The van der Waals surface area contributed by atoms with Crippen molar-refractivity contribution in [2.75, 3.05) is 18.1 Å². The molecule has 96 valence electrons. The average molecular weight is 320 g/mol. The van der Waals surface area contributed by atoms with Gasteiger partial charge in [0.25, 0.3) is 5.56 Å². The van der Waals surface area contributed by atoms with Crippen LogP contribution < -0.4 is 10.9 Å². The standard InChI is InChI=1S/C11H18BrN3OS/c1-4-11(5-2,17-3)7-13-8-6-14-15-10(16)9(8)12/h6H,4-5,7H2,1-3H3,(H2,13,15,16). The van der Waals surface area contributed by atoms with Crippen LogP contribution in [0.3, 0.4) is 0 Å². The summed E-state index contributed by atoms with van der Waals surface area (Å²) in [4.78, 5) is 11.4. The number of aromatic nitrogens is 2. The third-order valence-corrected chi connectivity index (χ3v) is 5.49. The van der Waals surface area contributed by atoms with Crippen molar-refractivity contribution in [3.63, 3.8) is 0 Å². The Labute approximate surface area is 114 Å². The van der Waals surface area contributed by atoms with E-state index in [0.29, 0.717) is 4.47 Å². The first-order chi connectivity index (χ1) is 8.08. The highest BCUT2D eigenvalue weighted by Crippen LogP contribution is 2.31. The molecule has 0 radical (unpaired) electrons. The molecule has 1 rings (SSSR count). The van der Waals surface area contributed by atoms with Crippen LogP contribution in [-0.2, 0) is 0 Å². The van der Waals surface area contributed by atoms with Gasteiger partial charge in [-0.2, -0.15) is 16.9 Å². The Morgan fingerprint density at radius 3 is 2.71 bits per heavy atom. The van der Waals surface area contributed by atoms with E-state index in [0.717, 1.165) is 25.1 Å². The van der Waals surface area contributed by atoms with Crippen molar-refractivity contribution in [3.05, 3.63) is 21.0 Å². The lowest BCUT2D eigenvalue weighted by Gasteiger charge is -2.30. The average Bonchev–Trinajstić information content (AvgIpc) is 2.36. The minimum absolute atomic E-state index is 0.210. The van der Waals surface area contributed by atoms with Gasteiger partial charge in [0.05, 0.1) is 11.9 Å². The Hall–Kier alpha value is -0.490. The fourth-order valence-electron chi connectivity index (χ4n) is 1.62. The summed E-state index contributed by atoms with van der Waals surface area (Å²) in [7, 11) is 0. The Bertz CT molecular complexity index is 409. The molecule has 0 aliphatic heterocycles. The van der Waals surface area contributed by atoms with Crippen molar-refractivity contribution in [1.82, 2.24) is 10.2 Å². The van der Waals surface area contributed by atoms with E-state index >= 15 is 0 Å². The number of hydrogen-bond donors (Lipinski definition) is 2. The van der Waals surface area contributed by atoms with Crippen LogP contribution in [0.15, 0.2) is 15.5 Å².